The Hall–Kier alpha value is -2.63. The van der Waals surface area contributed by atoms with Crippen molar-refractivity contribution in [2.75, 3.05) is 20.3 Å². The second kappa shape index (κ2) is 9.45. The van der Waals surface area contributed by atoms with Crippen molar-refractivity contribution >= 4 is 17.2 Å². The van der Waals surface area contributed by atoms with E-state index in [1.807, 2.05) is 29.6 Å². The Kier molecular flexibility index (Phi) is 6.50. The van der Waals surface area contributed by atoms with Gasteiger partial charge < -0.3 is 14.8 Å². The first-order valence-corrected chi connectivity index (χ1v) is 11.2. The number of rotatable bonds is 7. The van der Waals surface area contributed by atoms with E-state index < -0.39 is 5.41 Å². The first-order chi connectivity index (χ1) is 14.7. The zero-order chi connectivity index (χ0) is 20.8. The van der Waals surface area contributed by atoms with Crippen LogP contribution in [-0.4, -0.2) is 26.2 Å². The summed E-state index contributed by atoms with van der Waals surface area (Å²) in [6.07, 6.45) is 2.22. The summed E-state index contributed by atoms with van der Waals surface area (Å²) in [6.45, 7) is 1.85. The number of thiophene rings is 1. The lowest BCUT2D eigenvalue weighted by Gasteiger charge is -2.36. The van der Waals surface area contributed by atoms with Gasteiger partial charge in [0, 0.05) is 23.7 Å². The molecule has 1 aliphatic rings. The minimum atomic E-state index is -0.415. The number of nitrogens with one attached hydrogen (secondary N) is 1. The Labute approximate surface area is 181 Å². The molecule has 5 heteroatoms. The minimum absolute atomic E-state index is 0.132. The van der Waals surface area contributed by atoms with Crippen molar-refractivity contribution in [3.05, 3.63) is 76.5 Å². The highest BCUT2D eigenvalue weighted by molar-refractivity contribution is 7.09. The number of amides is 1. The highest BCUT2D eigenvalue weighted by Gasteiger charge is 2.40. The maximum atomic E-state index is 13.2. The standard InChI is InChI=1S/C25H27NO3S/c1-28-23-7-3-2-6-22(23)20-10-8-19(9-11-20)17-25(12-14-29-15-13-25)24(27)26-18-21-5-4-16-30-21/h2-11,16H,12-15,17-18H2,1H3,(H,26,27). The molecule has 1 aromatic heterocycles. The van der Waals surface area contributed by atoms with Crippen LogP contribution in [0.3, 0.4) is 0 Å². The van der Waals surface area contributed by atoms with E-state index in [2.05, 4.69) is 41.7 Å². The van der Waals surface area contributed by atoms with Crippen molar-refractivity contribution < 1.29 is 14.3 Å². The summed E-state index contributed by atoms with van der Waals surface area (Å²) in [6, 6.07) is 20.6. The molecule has 0 saturated carbocycles. The molecule has 4 nitrogen and oxygen atoms in total. The number of hydrogen-bond donors (Lipinski definition) is 1. The van der Waals surface area contributed by atoms with Crippen LogP contribution in [0.4, 0.5) is 0 Å². The van der Waals surface area contributed by atoms with E-state index in [4.69, 9.17) is 9.47 Å². The molecule has 1 aliphatic heterocycles. The Bertz CT molecular complexity index is 960. The van der Waals surface area contributed by atoms with Gasteiger partial charge in [-0.1, -0.05) is 48.5 Å². The third-order valence-corrected chi connectivity index (χ3v) is 6.73. The molecule has 0 unspecified atom stereocenters. The number of ether oxygens (including phenoxy) is 2. The van der Waals surface area contributed by atoms with E-state index in [1.54, 1.807) is 18.4 Å². The zero-order valence-electron chi connectivity index (χ0n) is 17.2. The van der Waals surface area contributed by atoms with Crippen LogP contribution >= 0.6 is 11.3 Å². The van der Waals surface area contributed by atoms with Crippen molar-refractivity contribution in [2.45, 2.75) is 25.8 Å². The van der Waals surface area contributed by atoms with Gasteiger partial charge in [-0.3, -0.25) is 4.79 Å². The van der Waals surface area contributed by atoms with E-state index >= 15 is 0 Å². The normalized spacial score (nSPS) is 15.5. The topological polar surface area (TPSA) is 47.6 Å². The first-order valence-electron chi connectivity index (χ1n) is 10.3. The molecule has 4 rings (SSSR count). The maximum Gasteiger partial charge on any atom is 0.227 e. The number of carbonyl (C=O) groups excluding carboxylic acids is 1. The lowest BCUT2D eigenvalue weighted by Crippen LogP contribution is -2.45. The molecule has 2 heterocycles. The number of hydrogen-bond acceptors (Lipinski definition) is 4. The molecule has 156 valence electrons. The Morgan fingerprint density at radius 3 is 2.53 bits per heavy atom. The average Bonchev–Trinajstić information content (AvgIpc) is 3.32. The van der Waals surface area contributed by atoms with Gasteiger partial charge in [0.25, 0.3) is 0 Å². The quantitative estimate of drug-likeness (QED) is 0.579. The van der Waals surface area contributed by atoms with Gasteiger partial charge in [0.2, 0.25) is 5.91 Å². The van der Waals surface area contributed by atoms with Crippen molar-refractivity contribution in [1.82, 2.24) is 5.32 Å². The monoisotopic (exact) mass is 421 g/mol. The van der Waals surface area contributed by atoms with E-state index in [-0.39, 0.29) is 5.91 Å². The average molecular weight is 422 g/mol. The summed E-state index contributed by atoms with van der Waals surface area (Å²) < 4.78 is 11.1. The molecule has 1 amide bonds. The van der Waals surface area contributed by atoms with Crippen molar-refractivity contribution in [2.24, 2.45) is 5.41 Å². The summed E-state index contributed by atoms with van der Waals surface area (Å²) in [5.41, 5.74) is 2.93. The van der Waals surface area contributed by atoms with Gasteiger partial charge in [-0.05, 0) is 47.9 Å². The molecule has 0 aliphatic carbocycles. The van der Waals surface area contributed by atoms with Crippen LogP contribution in [0.25, 0.3) is 11.1 Å². The van der Waals surface area contributed by atoms with Crippen LogP contribution < -0.4 is 10.1 Å². The van der Waals surface area contributed by atoms with Crippen molar-refractivity contribution in [1.29, 1.82) is 0 Å². The molecule has 30 heavy (non-hydrogen) atoms. The van der Waals surface area contributed by atoms with E-state index in [1.165, 1.54) is 10.4 Å². The van der Waals surface area contributed by atoms with E-state index in [9.17, 15) is 4.79 Å². The third-order valence-electron chi connectivity index (χ3n) is 5.85. The molecule has 1 saturated heterocycles. The minimum Gasteiger partial charge on any atom is -0.496 e. The first kappa shape index (κ1) is 20.6. The molecule has 1 fully saturated rings. The third kappa shape index (κ3) is 4.58. The van der Waals surface area contributed by atoms with Crippen LogP contribution in [-0.2, 0) is 22.5 Å². The molecule has 1 N–H and O–H groups in total. The van der Waals surface area contributed by atoms with Gasteiger partial charge in [0.1, 0.15) is 5.75 Å². The number of para-hydroxylation sites is 1. The summed E-state index contributed by atoms with van der Waals surface area (Å²) in [7, 11) is 1.69. The van der Waals surface area contributed by atoms with Crippen molar-refractivity contribution in [3.63, 3.8) is 0 Å². The van der Waals surface area contributed by atoms with Crippen molar-refractivity contribution in [3.8, 4) is 16.9 Å². The fraction of sp³-hybridized carbons (Fsp3) is 0.320. The largest absolute Gasteiger partial charge is 0.496 e. The number of methoxy groups -OCH3 is 1. The summed E-state index contributed by atoms with van der Waals surface area (Å²) in [5.74, 6) is 0.993. The van der Waals surface area contributed by atoms with Gasteiger partial charge in [-0.15, -0.1) is 11.3 Å². The van der Waals surface area contributed by atoms with Gasteiger partial charge in [-0.25, -0.2) is 0 Å². The summed E-state index contributed by atoms with van der Waals surface area (Å²) in [5, 5.41) is 5.20. The molecular weight excluding hydrogens is 394 g/mol. The van der Waals surface area contributed by atoms with E-state index in [0.717, 1.165) is 36.1 Å². The van der Waals surface area contributed by atoms with Crippen LogP contribution in [0.2, 0.25) is 0 Å². The van der Waals surface area contributed by atoms with Gasteiger partial charge in [0.05, 0.1) is 19.1 Å². The van der Waals surface area contributed by atoms with Gasteiger partial charge >= 0.3 is 0 Å². The zero-order valence-corrected chi connectivity index (χ0v) is 18.0. The lowest BCUT2D eigenvalue weighted by atomic mass is 9.74. The Balaban J connectivity index is 1.51. The van der Waals surface area contributed by atoms with E-state index in [0.29, 0.717) is 19.8 Å². The number of benzene rings is 2. The predicted molar refractivity (Wildman–Crippen MR) is 121 cm³/mol. The molecule has 0 bridgehead atoms. The van der Waals surface area contributed by atoms with Crippen LogP contribution in [0.15, 0.2) is 66.0 Å². The Morgan fingerprint density at radius 2 is 1.83 bits per heavy atom. The molecule has 0 atom stereocenters. The molecule has 3 aromatic rings. The SMILES string of the molecule is COc1ccccc1-c1ccc(CC2(C(=O)NCc3cccs3)CCOCC2)cc1. The summed E-state index contributed by atoms with van der Waals surface area (Å²) in [4.78, 5) is 14.4. The second-order valence-electron chi connectivity index (χ2n) is 7.73. The molecule has 0 radical (unpaired) electrons. The fourth-order valence-corrected chi connectivity index (χ4v) is 4.73. The van der Waals surface area contributed by atoms with Crippen LogP contribution in [0.5, 0.6) is 5.75 Å². The molecular formula is C25H27NO3S. The second-order valence-corrected chi connectivity index (χ2v) is 8.76. The fourth-order valence-electron chi connectivity index (χ4n) is 4.09. The molecule has 2 aromatic carbocycles. The highest BCUT2D eigenvalue weighted by Crippen LogP contribution is 2.36. The Morgan fingerprint density at radius 1 is 1.07 bits per heavy atom. The smallest absolute Gasteiger partial charge is 0.227 e. The molecule has 0 spiro atoms. The van der Waals surface area contributed by atoms with Crippen LogP contribution in [0, 0.1) is 5.41 Å². The van der Waals surface area contributed by atoms with Gasteiger partial charge in [-0.2, -0.15) is 0 Å². The predicted octanol–water partition coefficient (Wildman–Crippen LogP) is 5.08. The number of carbonyl (C=O) groups is 1. The maximum absolute atomic E-state index is 13.2. The van der Waals surface area contributed by atoms with Gasteiger partial charge in [0.15, 0.2) is 0 Å². The highest BCUT2D eigenvalue weighted by atomic mass is 32.1. The van der Waals surface area contributed by atoms with Crippen LogP contribution in [0.1, 0.15) is 23.3 Å². The lowest BCUT2D eigenvalue weighted by molar-refractivity contribution is -0.136. The summed E-state index contributed by atoms with van der Waals surface area (Å²) >= 11 is 1.67.